The average molecular weight is 410 g/mol. The maximum atomic E-state index is 14.6. The number of Topliss-reactive ketones (excluding diaryl/α,β-unsaturated/α-hetero) is 1. The Kier molecular flexibility index (Phi) is 4.86. The Balaban J connectivity index is 1.62. The van der Waals surface area contributed by atoms with Gasteiger partial charge in [0.05, 0.1) is 21.8 Å². The highest BCUT2D eigenvalue weighted by molar-refractivity contribution is 6.35. The fourth-order valence-corrected chi connectivity index (χ4v) is 3.26. The molecule has 0 bridgehead atoms. The van der Waals surface area contributed by atoms with Gasteiger partial charge in [0.25, 0.3) is 11.8 Å². The number of ketones is 1. The molecule has 3 aromatic rings. The van der Waals surface area contributed by atoms with Crippen LogP contribution in [0, 0.1) is 5.82 Å². The zero-order chi connectivity index (χ0) is 20.5. The number of fused-ring (bicyclic) bond motifs is 1. The van der Waals surface area contributed by atoms with Crippen molar-refractivity contribution in [2.75, 3.05) is 11.5 Å². The maximum Gasteiger partial charge on any atom is 0.266 e. The first-order valence-corrected chi connectivity index (χ1v) is 9.03. The third-order valence-electron chi connectivity index (χ3n) is 4.49. The topological polar surface area (TPSA) is 63.7 Å². The number of hydrogen-bond donors (Lipinski definition) is 0. The van der Waals surface area contributed by atoms with E-state index in [-0.39, 0.29) is 40.0 Å². The van der Waals surface area contributed by atoms with Crippen LogP contribution in [0.2, 0.25) is 5.02 Å². The van der Waals surface area contributed by atoms with E-state index in [1.807, 2.05) is 0 Å². The van der Waals surface area contributed by atoms with Gasteiger partial charge in [-0.1, -0.05) is 54.1 Å². The lowest BCUT2D eigenvalue weighted by molar-refractivity contribution is 0.0909. The van der Waals surface area contributed by atoms with E-state index in [2.05, 4.69) is 0 Å². The number of imide groups is 1. The number of benzene rings is 3. The molecule has 0 saturated heterocycles. The van der Waals surface area contributed by atoms with E-state index in [0.29, 0.717) is 5.56 Å². The van der Waals surface area contributed by atoms with Crippen LogP contribution < -0.4 is 9.64 Å². The van der Waals surface area contributed by atoms with E-state index in [1.54, 1.807) is 42.5 Å². The second-order valence-corrected chi connectivity index (χ2v) is 6.71. The van der Waals surface area contributed by atoms with E-state index in [9.17, 15) is 18.8 Å². The van der Waals surface area contributed by atoms with Crippen molar-refractivity contribution in [2.45, 2.75) is 0 Å². The van der Waals surface area contributed by atoms with Crippen LogP contribution in [0.15, 0.2) is 66.7 Å². The summed E-state index contributed by atoms with van der Waals surface area (Å²) in [6.45, 7) is -0.336. The van der Waals surface area contributed by atoms with E-state index in [4.69, 9.17) is 16.3 Å². The Bertz CT molecular complexity index is 1110. The molecule has 0 radical (unpaired) electrons. The number of ether oxygens (including phenoxy) is 1. The Hall–Kier alpha value is -3.51. The van der Waals surface area contributed by atoms with Crippen LogP contribution in [0.3, 0.4) is 0 Å². The predicted octanol–water partition coefficient (Wildman–Crippen LogP) is 4.54. The first-order valence-electron chi connectivity index (χ1n) is 8.65. The molecule has 0 unspecified atom stereocenters. The van der Waals surface area contributed by atoms with Gasteiger partial charge in [0.1, 0.15) is 11.6 Å². The smallest absolute Gasteiger partial charge is 0.266 e. The average Bonchev–Trinajstić information content (AvgIpc) is 2.99. The number of halogens is 2. The number of carbonyl (C=O) groups is 3. The predicted molar refractivity (Wildman–Crippen MR) is 105 cm³/mol. The molecule has 0 N–H and O–H groups in total. The zero-order valence-corrected chi connectivity index (χ0v) is 15.7. The quantitative estimate of drug-likeness (QED) is 0.458. The largest absolute Gasteiger partial charge is 0.484 e. The summed E-state index contributed by atoms with van der Waals surface area (Å²) in [5, 5.41) is -0.0799. The lowest BCUT2D eigenvalue weighted by Crippen LogP contribution is -2.30. The summed E-state index contributed by atoms with van der Waals surface area (Å²) < 4.78 is 20.0. The Morgan fingerprint density at radius 2 is 1.52 bits per heavy atom. The van der Waals surface area contributed by atoms with Crippen molar-refractivity contribution >= 4 is 34.9 Å². The number of carbonyl (C=O) groups excluding carboxylic acids is 3. The van der Waals surface area contributed by atoms with E-state index in [0.717, 1.165) is 17.0 Å². The zero-order valence-electron chi connectivity index (χ0n) is 14.9. The molecular formula is C22H13ClFNO4. The first kappa shape index (κ1) is 18.8. The molecule has 0 fully saturated rings. The lowest BCUT2D eigenvalue weighted by atomic mass is 10.1. The van der Waals surface area contributed by atoms with Gasteiger partial charge in [-0.25, -0.2) is 9.29 Å². The van der Waals surface area contributed by atoms with E-state index < -0.39 is 17.6 Å². The van der Waals surface area contributed by atoms with Gasteiger partial charge in [0.2, 0.25) is 0 Å². The molecule has 0 aromatic heterocycles. The monoisotopic (exact) mass is 409 g/mol. The summed E-state index contributed by atoms with van der Waals surface area (Å²) in [5.74, 6) is -2.44. The summed E-state index contributed by atoms with van der Waals surface area (Å²) in [5.41, 5.74) is 0.538. The number of amides is 2. The SMILES string of the molecule is O=C(COc1cc(N2C(=O)c3ccccc3C2=O)c(F)cc1Cl)c1ccccc1. The van der Waals surface area contributed by atoms with Crippen molar-refractivity contribution < 1.29 is 23.5 Å². The van der Waals surface area contributed by atoms with Crippen LogP contribution in [-0.2, 0) is 0 Å². The maximum absolute atomic E-state index is 14.6. The third-order valence-corrected chi connectivity index (χ3v) is 4.79. The van der Waals surface area contributed by atoms with Crippen molar-refractivity contribution in [3.63, 3.8) is 0 Å². The molecule has 2 amide bonds. The van der Waals surface area contributed by atoms with Gasteiger partial charge in [-0.2, -0.15) is 0 Å². The molecule has 1 heterocycles. The second kappa shape index (κ2) is 7.48. The van der Waals surface area contributed by atoms with Crippen molar-refractivity contribution in [1.29, 1.82) is 0 Å². The van der Waals surface area contributed by atoms with Gasteiger partial charge in [-0.15, -0.1) is 0 Å². The molecule has 144 valence electrons. The molecule has 3 aromatic carbocycles. The molecule has 5 nitrogen and oxygen atoms in total. The molecule has 1 aliphatic rings. The Morgan fingerprint density at radius 3 is 2.14 bits per heavy atom. The molecule has 0 aliphatic carbocycles. The first-order chi connectivity index (χ1) is 14.0. The second-order valence-electron chi connectivity index (χ2n) is 6.30. The fourth-order valence-electron chi connectivity index (χ4n) is 3.06. The lowest BCUT2D eigenvalue weighted by Gasteiger charge is -2.17. The molecule has 29 heavy (non-hydrogen) atoms. The molecule has 7 heteroatoms. The standard InChI is InChI=1S/C22H13ClFNO4/c23-16-10-17(24)18(25-21(27)14-8-4-5-9-15(14)22(25)28)11-20(16)29-12-19(26)13-6-2-1-3-7-13/h1-11H,12H2. The summed E-state index contributed by atoms with van der Waals surface area (Å²) in [6, 6.07) is 16.8. The molecule has 0 spiro atoms. The highest BCUT2D eigenvalue weighted by Gasteiger charge is 2.38. The van der Waals surface area contributed by atoms with E-state index >= 15 is 0 Å². The summed E-state index contributed by atoms with van der Waals surface area (Å²) in [6.07, 6.45) is 0. The Labute approximate surface area is 170 Å². The van der Waals surface area contributed by atoms with Crippen LogP contribution in [0.5, 0.6) is 5.75 Å². The van der Waals surface area contributed by atoms with Gasteiger partial charge < -0.3 is 4.74 Å². The highest BCUT2D eigenvalue weighted by atomic mass is 35.5. The number of anilines is 1. The molecule has 1 aliphatic heterocycles. The van der Waals surface area contributed by atoms with Gasteiger partial charge in [-0.3, -0.25) is 14.4 Å². The number of nitrogens with zero attached hydrogens (tertiary/aromatic N) is 1. The van der Waals surface area contributed by atoms with Crippen molar-refractivity contribution in [3.8, 4) is 5.75 Å². The van der Waals surface area contributed by atoms with Crippen LogP contribution in [0.1, 0.15) is 31.1 Å². The fraction of sp³-hybridized carbons (Fsp3) is 0.0455. The molecule has 4 rings (SSSR count). The minimum absolute atomic E-state index is 0.0103. The summed E-state index contributed by atoms with van der Waals surface area (Å²) in [4.78, 5) is 38.2. The van der Waals surface area contributed by atoms with Crippen molar-refractivity contribution in [2.24, 2.45) is 0 Å². The van der Waals surface area contributed by atoms with Gasteiger partial charge in [0, 0.05) is 11.6 Å². The summed E-state index contributed by atoms with van der Waals surface area (Å²) >= 11 is 6.03. The van der Waals surface area contributed by atoms with Crippen molar-refractivity contribution in [3.05, 3.63) is 94.3 Å². The highest BCUT2D eigenvalue weighted by Crippen LogP contribution is 2.36. The van der Waals surface area contributed by atoms with Crippen LogP contribution >= 0.6 is 11.6 Å². The minimum atomic E-state index is -0.855. The van der Waals surface area contributed by atoms with Crippen LogP contribution in [0.4, 0.5) is 10.1 Å². The van der Waals surface area contributed by atoms with Crippen LogP contribution in [-0.4, -0.2) is 24.2 Å². The third kappa shape index (κ3) is 3.39. The van der Waals surface area contributed by atoms with Crippen LogP contribution in [0.25, 0.3) is 0 Å². The molecule has 0 atom stereocenters. The van der Waals surface area contributed by atoms with Gasteiger partial charge in [-0.05, 0) is 18.2 Å². The molecule has 0 saturated carbocycles. The molecular weight excluding hydrogens is 397 g/mol. The van der Waals surface area contributed by atoms with Crippen molar-refractivity contribution in [1.82, 2.24) is 0 Å². The van der Waals surface area contributed by atoms with Gasteiger partial charge >= 0.3 is 0 Å². The Morgan fingerprint density at radius 1 is 0.931 bits per heavy atom. The van der Waals surface area contributed by atoms with E-state index in [1.165, 1.54) is 12.1 Å². The number of hydrogen-bond acceptors (Lipinski definition) is 4. The number of rotatable bonds is 5. The normalized spacial score (nSPS) is 12.8. The summed E-state index contributed by atoms with van der Waals surface area (Å²) in [7, 11) is 0. The van der Waals surface area contributed by atoms with Gasteiger partial charge in [0.15, 0.2) is 12.4 Å². The minimum Gasteiger partial charge on any atom is -0.484 e.